The first-order valence-corrected chi connectivity index (χ1v) is 8.72. The van der Waals surface area contributed by atoms with Gasteiger partial charge in [0.05, 0.1) is 24.1 Å². The standard InChI is InChI=1S/C18H22N6O2/c1-13(25)21-11-16-12-22-15(10-23-16)9-14-3-7-24(8-4-14)18(26)17-19-5-2-6-20-17/h2,5-6,10,12,14H,3-4,7-9,11H2,1H3,(H,21,25). The molecular formula is C18H22N6O2. The second-order valence-corrected chi connectivity index (χ2v) is 6.42. The number of hydrogen-bond donors (Lipinski definition) is 1. The molecule has 136 valence electrons. The number of nitrogens with zero attached hydrogens (tertiary/aromatic N) is 5. The van der Waals surface area contributed by atoms with Gasteiger partial charge >= 0.3 is 0 Å². The number of hydrogen-bond acceptors (Lipinski definition) is 6. The molecule has 0 atom stereocenters. The molecule has 0 aliphatic carbocycles. The molecule has 0 bridgehead atoms. The van der Waals surface area contributed by atoms with Gasteiger partial charge < -0.3 is 10.2 Å². The SMILES string of the molecule is CC(=O)NCc1cnc(CC2CCN(C(=O)c3ncccn3)CC2)cn1. The van der Waals surface area contributed by atoms with Gasteiger partial charge in [-0.1, -0.05) is 0 Å². The fourth-order valence-corrected chi connectivity index (χ4v) is 2.98. The molecule has 0 radical (unpaired) electrons. The second-order valence-electron chi connectivity index (χ2n) is 6.42. The Morgan fingerprint density at radius 3 is 2.35 bits per heavy atom. The predicted molar refractivity (Wildman–Crippen MR) is 93.9 cm³/mol. The van der Waals surface area contributed by atoms with Gasteiger partial charge in [0.25, 0.3) is 5.91 Å². The minimum atomic E-state index is -0.105. The van der Waals surface area contributed by atoms with Gasteiger partial charge in [-0.15, -0.1) is 0 Å². The van der Waals surface area contributed by atoms with E-state index in [9.17, 15) is 9.59 Å². The van der Waals surface area contributed by atoms with Crippen LogP contribution >= 0.6 is 0 Å². The zero-order chi connectivity index (χ0) is 18.4. The summed E-state index contributed by atoms with van der Waals surface area (Å²) in [5.41, 5.74) is 1.68. The van der Waals surface area contributed by atoms with Crippen LogP contribution in [0, 0.1) is 5.92 Å². The van der Waals surface area contributed by atoms with Crippen LogP contribution in [0.15, 0.2) is 30.9 Å². The molecule has 8 nitrogen and oxygen atoms in total. The fourth-order valence-electron chi connectivity index (χ4n) is 2.98. The van der Waals surface area contributed by atoms with Crippen LogP contribution in [0.1, 0.15) is 41.8 Å². The van der Waals surface area contributed by atoms with E-state index < -0.39 is 0 Å². The first kappa shape index (κ1) is 17.9. The van der Waals surface area contributed by atoms with E-state index in [2.05, 4.69) is 25.3 Å². The molecule has 1 aliphatic heterocycles. The molecule has 0 unspecified atom stereocenters. The van der Waals surface area contributed by atoms with Gasteiger partial charge in [-0.25, -0.2) is 9.97 Å². The van der Waals surface area contributed by atoms with E-state index in [0.717, 1.165) is 30.7 Å². The molecule has 3 rings (SSSR count). The molecule has 0 spiro atoms. The number of likely N-dealkylation sites (tertiary alicyclic amines) is 1. The van der Waals surface area contributed by atoms with Gasteiger partial charge in [0.15, 0.2) is 0 Å². The summed E-state index contributed by atoms with van der Waals surface area (Å²) in [7, 11) is 0. The summed E-state index contributed by atoms with van der Waals surface area (Å²) in [6.07, 6.45) is 9.34. The quantitative estimate of drug-likeness (QED) is 0.859. The number of carbonyl (C=O) groups excluding carboxylic acids is 2. The summed E-state index contributed by atoms with van der Waals surface area (Å²) < 4.78 is 0. The first-order valence-electron chi connectivity index (χ1n) is 8.72. The molecule has 26 heavy (non-hydrogen) atoms. The normalized spacial score (nSPS) is 14.9. The molecule has 2 aromatic rings. The molecule has 2 aromatic heterocycles. The van der Waals surface area contributed by atoms with Crippen molar-refractivity contribution in [3.63, 3.8) is 0 Å². The molecule has 1 N–H and O–H groups in total. The summed E-state index contributed by atoms with van der Waals surface area (Å²) in [6.45, 7) is 3.28. The van der Waals surface area contributed by atoms with Crippen molar-refractivity contribution in [1.82, 2.24) is 30.2 Å². The Hall–Kier alpha value is -2.90. The number of carbonyl (C=O) groups is 2. The van der Waals surface area contributed by atoms with Crippen LogP contribution < -0.4 is 5.32 Å². The zero-order valence-corrected chi connectivity index (χ0v) is 14.8. The smallest absolute Gasteiger partial charge is 0.291 e. The van der Waals surface area contributed by atoms with E-state index in [1.807, 2.05) is 4.90 Å². The molecular weight excluding hydrogens is 332 g/mol. The lowest BCUT2D eigenvalue weighted by molar-refractivity contribution is -0.119. The molecule has 1 fully saturated rings. The highest BCUT2D eigenvalue weighted by atomic mass is 16.2. The molecule has 0 saturated carbocycles. The maximum Gasteiger partial charge on any atom is 0.291 e. The third-order valence-electron chi connectivity index (χ3n) is 4.43. The minimum Gasteiger partial charge on any atom is -0.351 e. The maximum atomic E-state index is 12.4. The van der Waals surface area contributed by atoms with Gasteiger partial charge in [0.2, 0.25) is 11.7 Å². The lowest BCUT2D eigenvalue weighted by Crippen LogP contribution is -2.39. The van der Waals surface area contributed by atoms with Crippen molar-refractivity contribution in [1.29, 1.82) is 0 Å². The van der Waals surface area contributed by atoms with Gasteiger partial charge in [0, 0.05) is 38.6 Å². The summed E-state index contributed by atoms with van der Waals surface area (Å²) in [5.74, 6) is 0.544. The molecule has 3 heterocycles. The summed E-state index contributed by atoms with van der Waals surface area (Å²) in [6, 6.07) is 1.70. The van der Waals surface area contributed by atoms with Crippen LogP contribution in [0.25, 0.3) is 0 Å². The maximum absolute atomic E-state index is 12.4. The molecule has 1 aliphatic rings. The molecule has 2 amide bonds. The lowest BCUT2D eigenvalue weighted by Gasteiger charge is -2.31. The molecule has 0 aromatic carbocycles. The monoisotopic (exact) mass is 354 g/mol. The summed E-state index contributed by atoms with van der Waals surface area (Å²) in [5, 5.41) is 2.70. The lowest BCUT2D eigenvalue weighted by atomic mass is 9.92. The average molecular weight is 354 g/mol. The zero-order valence-electron chi connectivity index (χ0n) is 14.8. The van der Waals surface area contributed by atoms with Crippen LogP contribution in [-0.2, 0) is 17.8 Å². The van der Waals surface area contributed by atoms with Crippen molar-refractivity contribution in [3.8, 4) is 0 Å². The van der Waals surface area contributed by atoms with E-state index in [-0.39, 0.29) is 17.6 Å². The van der Waals surface area contributed by atoms with Crippen LogP contribution in [0.4, 0.5) is 0 Å². The highest BCUT2D eigenvalue weighted by molar-refractivity contribution is 5.90. The van der Waals surface area contributed by atoms with Crippen LogP contribution in [-0.4, -0.2) is 49.7 Å². The van der Waals surface area contributed by atoms with Gasteiger partial charge in [-0.05, 0) is 31.2 Å². The van der Waals surface area contributed by atoms with Crippen LogP contribution in [0.2, 0.25) is 0 Å². The second kappa shape index (κ2) is 8.46. The Morgan fingerprint density at radius 1 is 1.08 bits per heavy atom. The Morgan fingerprint density at radius 2 is 1.73 bits per heavy atom. The summed E-state index contributed by atoms with van der Waals surface area (Å²) in [4.78, 5) is 41.9. The Labute approximate surface area is 152 Å². The predicted octanol–water partition coefficient (Wildman–Crippen LogP) is 0.998. The van der Waals surface area contributed by atoms with Crippen molar-refractivity contribution >= 4 is 11.8 Å². The van der Waals surface area contributed by atoms with Crippen LogP contribution in [0.5, 0.6) is 0 Å². The highest BCUT2D eigenvalue weighted by Gasteiger charge is 2.25. The number of piperidine rings is 1. The van der Waals surface area contributed by atoms with Gasteiger partial charge in [0.1, 0.15) is 0 Å². The number of rotatable bonds is 5. The number of amides is 2. The van der Waals surface area contributed by atoms with Crippen molar-refractivity contribution in [3.05, 3.63) is 48.1 Å². The fraction of sp³-hybridized carbons (Fsp3) is 0.444. The number of nitrogens with one attached hydrogen (secondary N) is 1. The van der Waals surface area contributed by atoms with Crippen molar-refractivity contribution < 1.29 is 9.59 Å². The van der Waals surface area contributed by atoms with Crippen LogP contribution in [0.3, 0.4) is 0 Å². The minimum absolute atomic E-state index is 0.0851. The van der Waals surface area contributed by atoms with E-state index in [1.165, 1.54) is 6.92 Å². The van der Waals surface area contributed by atoms with E-state index in [0.29, 0.717) is 25.6 Å². The van der Waals surface area contributed by atoms with Gasteiger partial charge in [-0.2, -0.15) is 0 Å². The Kier molecular flexibility index (Phi) is 5.83. The average Bonchev–Trinajstić information content (AvgIpc) is 2.68. The van der Waals surface area contributed by atoms with Crippen molar-refractivity contribution in [2.75, 3.05) is 13.1 Å². The highest BCUT2D eigenvalue weighted by Crippen LogP contribution is 2.21. The van der Waals surface area contributed by atoms with Gasteiger partial charge in [-0.3, -0.25) is 19.6 Å². The van der Waals surface area contributed by atoms with Crippen molar-refractivity contribution in [2.45, 2.75) is 32.7 Å². The Balaban J connectivity index is 1.48. The topological polar surface area (TPSA) is 101 Å². The number of aromatic nitrogens is 4. The third-order valence-corrected chi connectivity index (χ3v) is 4.43. The third kappa shape index (κ3) is 4.81. The van der Waals surface area contributed by atoms with E-state index >= 15 is 0 Å². The van der Waals surface area contributed by atoms with E-state index in [4.69, 9.17) is 0 Å². The first-order chi connectivity index (χ1) is 12.6. The molecule has 8 heteroatoms. The Bertz CT molecular complexity index is 742. The largest absolute Gasteiger partial charge is 0.351 e. The molecule has 1 saturated heterocycles. The van der Waals surface area contributed by atoms with E-state index in [1.54, 1.807) is 30.9 Å². The van der Waals surface area contributed by atoms with Crippen molar-refractivity contribution in [2.24, 2.45) is 5.92 Å². The summed E-state index contributed by atoms with van der Waals surface area (Å²) >= 11 is 0.